The molecule has 9 rings (SSSR count). The van der Waals surface area contributed by atoms with Crippen molar-refractivity contribution in [1.82, 2.24) is 15.0 Å². The second-order valence-corrected chi connectivity index (χ2v) is 12.4. The molecular formula is C45H31N3O. The molecule has 0 fully saturated rings. The molecule has 8 aromatic rings. The largest absolute Gasteiger partial charge is 0.456 e. The van der Waals surface area contributed by atoms with Crippen molar-refractivity contribution >= 4 is 27.5 Å². The summed E-state index contributed by atoms with van der Waals surface area (Å²) in [5.41, 5.74) is 10.6. The lowest BCUT2D eigenvalue weighted by Crippen LogP contribution is -2.08. The third kappa shape index (κ3) is 5.53. The zero-order valence-corrected chi connectivity index (χ0v) is 26.7. The maximum atomic E-state index is 6.21. The summed E-state index contributed by atoms with van der Waals surface area (Å²) in [7, 11) is 0. The summed E-state index contributed by atoms with van der Waals surface area (Å²) < 4.78 is 6.21. The van der Waals surface area contributed by atoms with Crippen LogP contribution in [0.3, 0.4) is 0 Å². The molecular weight excluding hydrogens is 599 g/mol. The number of rotatable bonds is 6. The van der Waals surface area contributed by atoms with E-state index in [0.717, 1.165) is 62.0 Å². The molecule has 2 heterocycles. The molecule has 0 spiro atoms. The van der Waals surface area contributed by atoms with Crippen LogP contribution in [0, 0.1) is 0 Å². The zero-order valence-electron chi connectivity index (χ0n) is 26.7. The first-order valence-electron chi connectivity index (χ1n) is 16.6. The molecule has 2 aromatic heterocycles. The minimum atomic E-state index is 0.0331. The number of allylic oxidation sites excluding steroid dienone is 4. The third-order valence-corrected chi connectivity index (χ3v) is 9.28. The van der Waals surface area contributed by atoms with E-state index in [-0.39, 0.29) is 5.92 Å². The van der Waals surface area contributed by atoms with Gasteiger partial charge in [-0.1, -0.05) is 152 Å². The highest BCUT2D eigenvalue weighted by atomic mass is 16.3. The molecule has 0 saturated carbocycles. The molecule has 4 heteroatoms. The van der Waals surface area contributed by atoms with Gasteiger partial charge in [-0.2, -0.15) is 0 Å². The van der Waals surface area contributed by atoms with Gasteiger partial charge >= 0.3 is 0 Å². The molecule has 0 saturated heterocycles. The summed E-state index contributed by atoms with van der Waals surface area (Å²) in [5.74, 6) is 2.12. The van der Waals surface area contributed by atoms with E-state index in [1.165, 1.54) is 16.7 Å². The number of furan rings is 1. The van der Waals surface area contributed by atoms with Gasteiger partial charge in [-0.3, -0.25) is 0 Å². The Hall–Kier alpha value is -6.39. The van der Waals surface area contributed by atoms with Crippen LogP contribution in [0.15, 0.2) is 174 Å². The summed E-state index contributed by atoms with van der Waals surface area (Å²) in [5, 5.41) is 2.22. The smallest absolute Gasteiger partial charge is 0.163 e. The van der Waals surface area contributed by atoms with Gasteiger partial charge in [-0.05, 0) is 58.0 Å². The number of nitrogens with zero attached hydrogens (tertiary/aromatic N) is 3. The standard InChI is InChI=1S/C45H31N3O/c1-3-11-30(12-4-1)32-21-25-34(26-22-32)43-46-44(35-27-23-33(24-28-35)31-13-5-2-6-14-31)48-45(47-43)37-16-9-15-36(29-37)38-18-10-20-41-42(38)39-17-7-8-19-40(39)49-41/h1-27,29,35H,28H2. The number of aromatic nitrogens is 3. The van der Waals surface area contributed by atoms with Crippen LogP contribution in [0.25, 0.3) is 72.5 Å². The number of hydrogen-bond donors (Lipinski definition) is 0. The molecule has 0 amide bonds. The van der Waals surface area contributed by atoms with Gasteiger partial charge in [0, 0.05) is 27.8 Å². The molecule has 4 nitrogen and oxygen atoms in total. The summed E-state index contributed by atoms with van der Waals surface area (Å²) >= 11 is 0. The first-order chi connectivity index (χ1) is 24.3. The average molecular weight is 630 g/mol. The van der Waals surface area contributed by atoms with Gasteiger partial charge in [0.25, 0.3) is 0 Å². The fourth-order valence-electron chi connectivity index (χ4n) is 6.76. The first-order valence-corrected chi connectivity index (χ1v) is 16.6. The van der Waals surface area contributed by atoms with Crippen molar-refractivity contribution in [2.45, 2.75) is 12.3 Å². The minimum absolute atomic E-state index is 0.0331. The van der Waals surface area contributed by atoms with Gasteiger partial charge < -0.3 is 4.42 Å². The highest BCUT2D eigenvalue weighted by Crippen LogP contribution is 2.38. The summed E-state index contributed by atoms with van der Waals surface area (Å²) in [4.78, 5) is 15.3. The second kappa shape index (κ2) is 12.3. The number of benzene rings is 6. The van der Waals surface area contributed by atoms with Crippen molar-refractivity contribution in [3.05, 3.63) is 181 Å². The Kier molecular flexibility index (Phi) is 7.25. The monoisotopic (exact) mass is 629 g/mol. The number of para-hydroxylation sites is 1. The number of hydrogen-bond acceptors (Lipinski definition) is 4. The minimum Gasteiger partial charge on any atom is -0.456 e. The van der Waals surface area contributed by atoms with Gasteiger partial charge in [0.05, 0.1) is 0 Å². The lowest BCUT2D eigenvalue weighted by atomic mass is 9.92. The van der Waals surface area contributed by atoms with E-state index in [1.54, 1.807) is 0 Å². The summed E-state index contributed by atoms with van der Waals surface area (Å²) in [6.45, 7) is 0. The van der Waals surface area contributed by atoms with Crippen LogP contribution in [0.2, 0.25) is 0 Å². The van der Waals surface area contributed by atoms with Crippen molar-refractivity contribution in [3.8, 4) is 45.0 Å². The van der Waals surface area contributed by atoms with E-state index in [1.807, 2.05) is 30.3 Å². The van der Waals surface area contributed by atoms with Crippen molar-refractivity contribution < 1.29 is 4.42 Å². The highest BCUT2D eigenvalue weighted by Gasteiger charge is 2.20. The predicted octanol–water partition coefficient (Wildman–Crippen LogP) is 11.6. The third-order valence-electron chi connectivity index (χ3n) is 9.28. The van der Waals surface area contributed by atoms with E-state index in [2.05, 4.69) is 140 Å². The Bertz CT molecular complexity index is 2510. The molecule has 0 radical (unpaired) electrons. The van der Waals surface area contributed by atoms with Crippen LogP contribution in [-0.4, -0.2) is 15.0 Å². The van der Waals surface area contributed by atoms with Crippen LogP contribution >= 0.6 is 0 Å². The predicted molar refractivity (Wildman–Crippen MR) is 200 cm³/mol. The second-order valence-electron chi connectivity index (χ2n) is 12.4. The Morgan fingerprint density at radius 3 is 1.88 bits per heavy atom. The Balaban J connectivity index is 1.13. The van der Waals surface area contributed by atoms with Crippen LogP contribution in [0.4, 0.5) is 0 Å². The lowest BCUT2D eigenvalue weighted by molar-refractivity contribution is 0.669. The molecule has 232 valence electrons. The Morgan fingerprint density at radius 2 is 1.10 bits per heavy atom. The highest BCUT2D eigenvalue weighted by molar-refractivity contribution is 6.12. The van der Waals surface area contributed by atoms with Crippen LogP contribution in [0.1, 0.15) is 23.7 Å². The molecule has 1 unspecified atom stereocenters. The maximum Gasteiger partial charge on any atom is 0.163 e. The van der Waals surface area contributed by atoms with Gasteiger partial charge in [0.1, 0.15) is 17.0 Å². The quantitative estimate of drug-likeness (QED) is 0.184. The molecule has 1 aliphatic rings. The van der Waals surface area contributed by atoms with E-state index >= 15 is 0 Å². The molecule has 6 aromatic carbocycles. The molecule has 0 bridgehead atoms. The molecule has 49 heavy (non-hydrogen) atoms. The first kappa shape index (κ1) is 28.8. The van der Waals surface area contributed by atoms with Gasteiger partial charge in [0.2, 0.25) is 0 Å². The van der Waals surface area contributed by atoms with Gasteiger partial charge in [-0.25, -0.2) is 15.0 Å². The van der Waals surface area contributed by atoms with Crippen molar-refractivity contribution in [3.63, 3.8) is 0 Å². The van der Waals surface area contributed by atoms with E-state index in [4.69, 9.17) is 19.4 Å². The van der Waals surface area contributed by atoms with Crippen LogP contribution in [-0.2, 0) is 0 Å². The maximum absolute atomic E-state index is 6.21. The molecule has 1 aliphatic carbocycles. The Morgan fingerprint density at radius 1 is 0.490 bits per heavy atom. The normalized spacial score (nSPS) is 14.3. The topological polar surface area (TPSA) is 51.8 Å². The van der Waals surface area contributed by atoms with Crippen molar-refractivity contribution in [1.29, 1.82) is 0 Å². The fourth-order valence-corrected chi connectivity index (χ4v) is 6.76. The van der Waals surface area contributed by atoms with Gasteiger partial charge in [-0.15, -0.1) is 0 Å². The van der Waals surface area contributed by atoms with E-state index in [9.17, 15) is 0 Å². The lowest BCUT2D eigenvalue weighted by Gasteiger charge is -2.17. The zero-order chi connectivity index (χ0) is 32.6. The van der Waals surface area contributed by atoms with E-state index in [0.29, 0.717) is 11.6 Å². The van der Waals surface area contributed by atoms with E-state index < -0.39 is 0 Å². The van der Waals surface area contributed by atoms with Crippen LogP contribution in [0.5, 0.6) is 0 Å². The SMILES string of the molecule is C1=CC(c2nc(-c3ccc(-c4ccccc4)cc3)nc(-c3cccc(-c4cccc5oc6ccccc6c45)c3)n2)CC=C1c1ccccc1. The fraction of sp³-hybridized carbons (Fsp3) is 0.0444. The van der Waals surface area contributed by atoms with Gasteiger partial charge in [0.15, 0.2) is 11.6 Å². The molecule has 0 aliphatic heterocycles. The Labute approximate surface area is 284 Å². The van der Waals surface area contributed by atoms with Crippen molar-refractivity contribution in [2.75, 3.05) is 0 Å². The molecule has 1 atom stereocenters. The van der Waals surface area contributed by atoms with Crippen LogP contribution < -0.4 is 0 Å². The van der Waals surface area contributed by atoms with Crippen molar-refractivity contribution in [2.24, 2.45) is 0 Å². The molecule has 0 N–H and O–H groups in total. The number of fused-ring (bicyclic) bond motifs is 3. The summed E-state index contributed by atoms with van der Waals surface area (Å²) in [6, 6.07) is 52.4. The summed E-state index contributed by atoms with van der Waals surface area (Å²) in [6.07, 6.45) is 7.52. The average Bonchev–Trinajstić information content (AvgIpc) is 3.58.